The first-order chi connectivity index (χ1) is 13.2. The van der Waals surface area contributed by atoms with E-state index >= 15 is 0 Å². The number of halogens is 1. The van der Waals surface area contributed by atoms with Crippen molar-refractivity contribution in [2.75, 3.05) is 31.1 Å². The van der Waals surface area contributed by atoms with Gasteiger partial charge in [0.15, 0.2) is 5.82 Å². The Bertz CT molecular complexity index is 907. The van der Waals surface area contributed by atoms with Crippen molar-refractivity contribution in [3.8, 4) is 11.3 Å². The molecule has 1 aliphatic rings. The highest BCUT2D eigenvalue weighted by Crippen LogP contribution is 2.19. The van der Waals surface area contributed by atoms with Gasteiger partial charge in [-0.05, 0) is 71.1 Å². The van der Waals surface area contributed by atoms with E-state index in [4.69, 9.17) is 0 Å². The van der Waals surface area contributed by atoms with E-state index in [9.17, 15) is 4.79 Å². The SMILES string of the molecule is O=C(c1ccc(I)cc1)N1CCN(c2ccc(-c3ccncc3)nn2)CC1. The Morgan fingerprint density at radius 2 is 1.56 bits per heavy atom. The van der Waals surface area contributed by atoms with Gasteiger partial charge in [-0.3, -0.25) is 9.78 Å². The van der Waals surface area contributed by atoms with Crippen LogP contribution in [0.2, 0.25) is 0 Å². The number of piperazine rings is 1. The van der Waals surface area contributed by atoms with Gasteiger partial charge in [0.2, 0.25) is 0 Å². The van der Waals surface area contributed by atoms with E-state index in [1.54, 1.807) is 12.4 Å². The molecule has 0 spiro atoms. The fourth-order valence-corrected chi connectivity index (χ4v) is 3.44. The van der Waals surface area contributed by atoms with Crippen LogP contribution in [0, 0.1) is 3.57 Å². The Labute approximate surface area is 171 Å². The number of nitrogens with zero attached hydrogens (tertiary/aromatic N) is 5. The lowest BCUT2D eigenvalue weighted by atomic mass is 10.2. The summed E-state index contributed by atoms with van der Waals surface area (Å²) in [6.45, 7) is 2.86. The zero-order chi connectivity index (χ0) is 18.6. The molecule has 0 saturated carbocycles. The molecule has 1 aliphatic heterocycles. The van der Waals surface area contributed by atoms with Gasteiger partial charge in [0.25, 0.3) is 5.91 Å². The van der Waals surface area contributed by atoms with Gasteiger partial charge in [0.05, 0.1) is 5.69 Å². The molecule has 1 amide bonds. The van der Waals surface area contributed by atoms with Gasteiger partial charge in [-0.25, -0.2) is 0 Å². The van der Waals surface area contributed by atoms with E-state index < -0.39 is 0 Å². The maximum absolute atomic E-state index is 12.6. The molecule has 3 heterocycles. The van der Waals surface area contributed by atoms with E-state index in [0.717, 1.165) is 39.3 Å². The van der Waals surface area contributed by atoms with Gasteiger partial charge >= 0.3 is 0 Å². The molecule has 1 aromatic carbocycles. The number of pyridine rings is 1. The largest absolute Gasteiger partial charge is 0.352 e. The van der Waals surface area contributed by atoms with E-state index in [-0.39, 0.29) is 5.91 Å². The first-order valence-corrected chi connectivity index (χ1v) is 9.82. The molecule has 0 atom stereocenters. The lowest BCUT2D eigenvalue weighted by molar-refractivity contribution is 0.0746. The number of anilines is 1. The Kier molecular flexibility index (Phi) is 5.28. The summed E-state index contributed by atoms with van der Waals surface area (Å²) >= 11 is 2.24. The predicted molar refractivity (Wildman–Crippen MR) is 113 cm³/mol. The number of hydrogen-bond acceptors (Lipinski definition) is 5. The summed E-state index contributed by atoms with van der Waals surface area (Å²) in [4.78, 5) is 20.7. The summed E-state index contributed by atoms with van der Waals surface area (Å²) < 4.78 is 1.13. The summed E-state index contributed by atoms with van der Waals surface area (Å²) in [5.74, 6) is 0.930. The topological polar surface area (TPSA) is 62.2 Å². The van der Waals surface area contributed by atoms with Crippen LogP contribution in [0.15, 0.2) is 60.9 Å². The van der Waals surface area contributed by atoms with Crippen LogP contribution >= 0.6 is 22.6 Å². The fraction of sp³-hybridized carbons (Fsp3) is 0.200. The Morgan fingerprint density at radius 1 is 0.852 bits per heavy atom. The third-order valence-electron chi connectivity index (χ3n) is 4.61. The zero-order valence-corrected chi connectivity index (χ0v) is 16.8. The van der Waals surface area contributed by atoms with Crippen molar-refractivity contribution in [3.63, 3.8) is 0 Å². The van der Waals surface area contributed by atoms with Crippen LogP contribution in [0.3, 0.4) is 0 Å². The van der Waals surface area contributed by atoms with Crippen LogP contribution in [0.1, 0.15) is 10.4 Å². The molecule has 27 heavy (non-hydrogen) atoms. The molecule has 0 unspecified atom stereocenters. The number of benzene rings is 1. The van der Waals surface area contributed by atoms with Gasteiger partial charge in [0, 0.05) is 53.3 Å². The van der Waals surface area contributed by atoms with Gasteiger partial charge in [-0.15, -0.1) is 10.2 Å². The number of hydrogen-bond donors (Lipinski definition) is 0. The van der Waals surface area contributed by atoms with Gasteiger partial charge in [-0.2, -0.15) is 0 Å². The quantitative estimate of drug-likeness (QED) is 0.550. The average Bonchev–Trinajstić information content (AvgIpc) is 2.75. The van der Waals surface area contributed by atoms with Crippen molar-refractivity contribution in [2.45, 2.75) is 0 Å². The molecule has 1 saturated heterocycles. The lowest BCUT2D eigenvalue weighted by Gasteiger charge is -2.35. The summed E-state index contributed by atoms with van der Waals surface area (Å²) in [5, 5.41) is 8.70. The van der Waals surface area contributed by atoms with Gasteiger partial charge in [-0.1, -0.05) is 0 Å². The molecule has 0 N–H and O–H groups in total. The summed E-state index contributed by atoms with van der Waals surface area (Å²) in [6.07, 6.45) is 3.49. The highest BCUT2D eigenvalue weighted by Gasteiger charge is 2.23. The molecule has 6 nitrogen and oxygen atoms in total. The van der Waals surface area contributed by atoms with Crippen molar-refractivity contribution in [1.82, 2.24) is 20.1 Å². The molecule has 3 aromatic rings. The Morgan fingerprint density at radius 3 is 2.19 bits per heavy atom. The Hall–Kier alpha value is -2.55. The molecule has 136 valence electrons. The molecule has 0 bridgehead atoms. The normalized spacial score (nSPS) is 14.3. The van der Waals surface area contributed by atoms with Crippen LogP contribution in [0.5, 0.6) is 0 Å². The van der Waals surface area contributed by atoms with Crippen LogP contribution < -0.4 is 4.90 Å². The molecule has 1 fully saturated rings. The monoisotopic (exact) mass is 471 g/mol. The lowest BCUT2D eigenvalue weighted by Crippen LogP contribution is -2.49. The smallest absolute Gasteiger partial charge is 0.253 e. The zero-order valence-electron chi connectivity index (χ0n) is 14.6. The number of carbonyl (C=O) groups is 1. The third kappa shape index (κ3) is 4.08. The minimum absolute atomic E-state index is 0.0881. The minimum Gasteiger partial charge on any atom is -0.352 e. The maximum atomic E-state index is 12.6. The molecule has 4 rings (SSSR count). The van der Waals surface area contributed by atoms with Crippen LogP contribution in [-0.4, -0.2) is 52.2 Å². The second kappa shape index (κ2) is 7.99. The number of rotatable bonds is 3. The molecule has 2 aromatic heterocycles. The first kappa shape index (κ1) is 17.8. The molecule has 0 radical (unpaired) electrons. The number of carbonyl (C=O) groups excluding carboxylic acids is 1. The van der Waals surface area contributed by atoms with E-state index in [1.807, 2.05) is 53.4 Å². The second-order valence-electron chi connectivity index (χ2n) is 6.30. The number of aromatic nitrogens is 3. The molecule has 0 aliphatic carbocycles. The van der Waals surface area contributed by atoms with Crippen molar-refractivity contribution in [3.05, 3.63) is 70.1 Å². The van der Waals surface area contributed by atoms with Crippen molar-refractivity contribution < 1.29 is 4.79 Å². The van der Waals surface area contributed by atoms with Crippen LogP contribution in [0.4, 0.5) is 5.82 Å². The maximum Gasteiger partial charge on any atom is 0.253 e. The van der Waals surface area contributed by atoms with Crippen molar-refractivity contribution in [2.24, 2.45) is 0 Å². The van der Waals surface area contributed by atoms with Crippen molar-refractivity contribution in [1.29, 1.82) is 0 Å². The third-order valence-corrected chi connectivity index (χ3v) is 5.33. The second-order valence-corrected chi connectivity index (χ2v) is 7.54. The predicted octanol–water partition coefficient (Wildman–Crippen LogP) is 3.11. The summed E-state index contributed by atoms with van der Waals surface area (Å²) in [7, 11) is 0. The highest BCUT2D eigenvalue weighted by atomic mass is 127. The average molecular weight is 471 g/mol. The minimum atomic E-state index is 0.0881. The number of amides is 1. The van der Waals surface area contributed by atoms with Crippen LogP contribution in [0.25, 0.3) is 11.3 Å². The highest BCUT2D eigenvalue weighted by molar-refractivity contribution is 14.1. The summed E-state index contributed by atoms with van der Waals surface area (Å²) in [6, 6.07) is 15.5. The fourth-order valence-electron chi connectivity index (χ4n) is 3.08. The van der Waals surface area contributed by atoms with E-state index in [2.05, 4.69) is 42.7 Å². The summed E-state index contributed by atoms with van der Waals surface area (Å²) in [5.41, 5.74) is 2.57. The van der Waals surface area contributed by atoms with E-state index in [1.165, 1.54) is 0 Å². The van der Waals surface area contributed by atoms with Crippen molar-refractivity contribution >= 4 is 34.3 Å². The van der Waals surface area contributed by atoms with E-state index in [0.29, 0.717) is 13.1 Å². The molecular weight excluding hydrogens is 453 g/mol. The van der Waals surface area contributed by atoms with Crippen LogP contribution in [-0.2, 0) is 0 Å². The Balaban J connectivity index is 1.39. The van der Waals surface area contributed by atoms with Gasteiger partial charge in [0.1, 0.15) is 0 Å². The first-order valence-electron chi connectivity index (χ1n) is 8.74. The van der Waals surface area contributed by atoms with Gasteiger partial charge < -0.3 is 9.80 Å². The molecule has 7 heteroatoms. The standard InChI is InChI=1S/C20H18IN5O/c21-17-3-1-16(2-4-17)20(27)26-13-11-25(12-14-26)19-6-5-18(23-24-19)15-7-9-22-10-8-15/h1-10H,11-14H2. The molecular formula is C20H18IN5O.